The van der Waals surface area contributed by atoms with E-state index >= 15 is 0 Å². The molecule has 0 amide bonds. The predicted octanol–water partition coefficient (Wildman–Crippen LogP) is 3.80. The van der Waals surface area contributed by atoms with Crippen molar-refractivity contribution in [2.75, 3.05) is 6.54 Å². The number of para-hydroxylation sites is 2. The number of carboxylic acid groups (broad SMARTS) is 1. The first-order chi connectivity index (χ1) is 11.6. The summed E-state index contributed by atoms with van der Waals surface area (Å²) in [4.78, 5) is 11.5. The van der Waals surface area contributed by atoms with Crippen LogP contribution in [0.4, 0.5) is 0 Å². The molecule has 1 aliphatic heterocycles. The van der Waals surface area contributed by atoms with Gasteiger partial charge in [0.15, 0.2) is 0 Å². The number of benzene rings is 2. The van der Waals surface area contributed by atoms with Crippen molar-refractivity contribution >= 4 is 13.7 Å². The van der Waals surface area contributed by atoms with E-state index in [2.05, 4.69) is 0 Å². The van der Waals surface area contributed by atoms with Crippen molar-refractivity contribution in [3.63, 3.8) is 0 Å². The molecule has 0 aromatic heterocycles. The SMILES string of the molecule is O=C(O)[C@@H]1CCCN1P(=O)(Oc1ccccc1)Oc1ccccc1. The summed E-state index contributed by atoms with van der Waals surface area (Å²) in [7, 11) is -3.87. The van der Waals surface area contributed by atoms with Crippen molar-refractivity contribution in [1.29, 1.82) is 0 Å². The maximum absolute atomic E-state index is 13.5. The first kappa shape index (κ1) is 16.6. The zero-order valence-corrected chi connectivity index (χ0v) is 13.8. The molecule has 1 heterocycles. The molecule has 1 aliphatic rings. The molecule has 1 atom stereocenters. The van der Waals surface area contributed by atoms with Crippen LogP contribution in [0.5, 0.6) is 11.5 Å². The second kappa shape index (κ2) is 7.07. The first-order valence-corrected chi connectivity index (χ1v) is 9.17. The molecule has 126 valence electrons. The molecule has 1 N–H and O–H groups in total. The summed E-state index contributed by atoms with van der Waals surface area (Å²) >= 11 is 0. The van der Waals surface area contributed by atoms with Gasteiger partial charge in [-0.1, -0.05) is 36.4 Å². The number of hydrogen-bond donors (Lipinski definition) is 1. The second-order valence-corrected chi connectivity index (χ2v) is 7.25. The van der Waals surface area contributed by atoms with Crippen molar-refractivity contribution in [3.05, 3.63) is 60.7 Å². The second-order valence-electron chi connectivity index (χ2n) is 5.44. The Morgan fingerprint density at radius 2 is 1.50 bits per heavy atom. The Labute approximate surface area is 140 Å². The summed E-state index contributed by atoms with van der Waals surface area (Å²) in [5.74, 6) is -0.290. The Morgan fingerprint density at radius 3 is 1.96 bits per heavy atom. The monoisotopic (exact) mass is 347 g/mol. The Balaban J connectivity index is 1.93. The van der Waals surface area contributed by atoms with Crippen molar-refractivity contribution < 1.29 is 23.5 Å². The van der Waals surface area contributed by atoms with Crippen molar-refractivity contribution in [2.24, 2.45) is 0 Å². The van der Waals surface area contributed by atoms with E-state index in [1.54, 1.807) is 48.5 Å². The van der Waals surface area contributed by atoms with Gasteiger partial charge in [0, 0.05) is 6.54 Å². The van der Waals surface area contributed by atoms with Crippen molar-refractivity contribution in [1.82, 2.24) is 4.67 Å². The standard InChI is InChI=1S/C17H18NO5P/c19-17(20)16-12-7-13-18(16)24(21,22-14-8-3-1-4-9-14)23-15-10-5-2-6-11-15/h1-6,8-11,16H,7,12-13H2,(H,19,20)/t16-/m0/s1. The Morgan fingerprint density at radius 1 is 1.00 bits per heavy atom. The number of carbonyl (C=O) groups is 1. The largest absolute Gasteiger partial charge is 0.516 e. The minimum absolute atomic E-state index is 0.341. The van der Waals surface area contributed by atoms with Crippen LogP contribution in [-0.4, -0.2) is 28.3 Å². The van der Waals surface area contributed by atoms with Gasteiger partial charge in [-0.2, -0.15) is 4.67 Å². The van der Waals surface area contributed by atoms with Gasteiger partial charge in [0.1, 0.15) is 17.5 Å². The van der Waals surface area contributed by atoms with E-state index in [1.165, 1.54) is 4.67 Å². The molecule has 0 saturated carbocycles. The minimum Gasteiger partial charge on any atom is -0.480 e. The maximum atomic E-state index is 13.5. The molecule has 0 aliphatic carbocycles. The number of rotatable bonds is 6. The van der Waals surface area contributed by atoms with Gasteiger partial charge < -0.3 is 14.2 Å². The zero-order chi connectivity index (χ0) is 17.0. The van der Waals surface area contributed by atoms with Gasteiger partial charge in [-0.25, -0.2) is 4.57 Å². The molecule has 2 aromatic rings. The summed E-state index contributed by atoms with van der Waals surface area (Å²) in [6, 6.07) is 16.4. The topological polar surface area (TPSA) is 76.1 Å². The van der Waals surface area contributed by atoms with E-state index in [-0.39, 0.29) is 0 Å². The third kappa shape index (κ3) is 3.61. The number of aliphatic carboxylic acids is 1. The summed E-state index contributed by atoms with van der Waals surface area (Å²) in [6.07, 6.45) is 1.03. The molecule has 1 fully saturated rings. The predicted molar refractivity (Wildman–Crippen MR) is 89.1 cm³/mol. The van der Waals surface area contributed by atoms with Crippen molar-refractivity contribution in [2.45, 2.75) is 18.9 Å². The fourth-order valence-electron chi connectivity index (χ4n) is 2.65. The van der Waals surface area contributed by atoms with Crippen LogP contribution in [0.3, 0.4) is 0 Å². The summed E-state index contributed by atoms with van der Waals surface area (Å²) in [5.41, 5.74) is 0. The van der Waals surface area contributed by atoms with Crippen LogP contribution in [0.15, 0.2) is 60.7 Å². The Kier molecular flexibility index (Phi) is 4.88. The number of carboxylic acids is 1. The van der Waals surface area contributed by atoms with Gasteiger partial charge in [0.2, 0.25) is 0 Å². The molecule has 7 heteroatoms. The fraction of sp³-hybridized carbons (Fsp3) is 0.235. The molecular weight excluding hydrogens is 329 g/mol. The van der Waals surface area contributed by atoms with Gasteiger partial charge in [-0.05, 0) is 37.1 Å². The lowest BCUT2D eigenvalue weighted by Crippen LogP contribution is -2.36. The van der Waals surface area contributed by atoms with Crippen LogP contribution in [-0.2, 0) is 9.36 Å². The van der Waals surface area contributed by atoms with Crippen LogP contribution in [0.2, 0.25) is 0 Å². The summed E-state index contributed by atoms with van der Waals surface area (Å²) < 4.78 is 26.1. The molecular formula is C17H18NO5P. The Bertz CT molecular complexity index is 692. The van der Waals surface area contributed by atoms with Crippen LogP contribution in [0, 0.1) is 0 Å². The summed E-state index contributed by atoms with van der Waals surface area (Å²) in [6.45, 7) is 0.341. The average molecular weight is 347 g/mol. The molecule has 0 spiro atoms. The van der Waals surface area contributed by atoms with E-state index in [0.717, 1.165) is 0 Å². The van der Waals surface area contributed by atoms with Crippen LogP contribution in [0.25, 0.3) is 0 Å². The van der Waals surface area contributed by atoms with Gasteiger partial charge in [-0.3, -0.25) is 4.79 Å². The van der Waals surface area contributed by atoms with E-state index < -0.39 is 19.8 Å². The highest BCUT2D eigenvalue weighted by Crippen LogP contribution is 2.55. The average Bonchev–Trinajstić information content (AvgIpc) is 3.07. The molecule has 0 radical (unpaired) electrons. The molecule has 3 rings (SSSR count). The van der Waals surface area contributed by atoms with E-state index in [1.807, 2.05) is 12.1 Å². The van der Waals surface area contributed by atoms with Gasteiger partial charge in [0.25, 0.3) is 0 Å². The molecule has 2 aromatic carbocycles. The highest BCUT2D eigenvalue weighted by atomic mass is 31.2. The lowest BCUT2D eigenvalue weighted by molar-refractivity contribution is -0.140. The first-order valence-electron chi connectivity index (χ1n) is 7.68. The lowest BCUT2D eigenvalue weighted by atomic mass is 10.2. The van der Waals surface area contributed by atoms with Gasteiger partial charge in [0.05, 0.1) is 0 Å². The van der Waals surface area contributed by atoms with E-state index in [9.17, 15) is 14.5 Å². The Hall–Kier alpha value is -2.30. The van der Waals surface area contributed by atoms with Crippen LogP contribution in [0.1, 0.15) is 12.8 Å². The van der Waals surface area contributed by atoms with Gasteiger partial charge >= 0.3 is 13.7 Å². The smallest absolute Gasteiger partial charge is 0.480 e. The molecule has 24 heavy (non-hydrogen) atoms. The molecule has 1 saturated heterocycles. The minimum atomic E-state index is -3.87. The highest BCUT2D eigenvalue weighted by molar-refractivity contribution is 7.52. The van der Waals surface area contributed by atoms with Crippen molar-refractivity contribution in [3.8, 4) is 11.5 Å². The van der Waals surface area contributed by atoms with Crippen LogP contribution < -0.4 is 9.05 Å². The summed E-state index contributed by atoms with van der Waals surface area (Å²) in [5, 5.41) is 9.41. The number of nitrogens with zero attached hydrogens (tertiary/aromatic N) is 1. The van der Waals surface area contributed by atoms with E-state index in [4.69, 9.17) is 9.05 Å². The third-order valence-corrected chi connectivity index (χ3v) is 5.74. The van der Waals surface area contributed by atoms with Crippen LogP contribution >= 0.6 is 7.75 Å². The molecule has 0 bridgehead atoms. The number of hydrogen-bond acceptors (Lipinski definition) is 4. The zero-order valence-electron chi connectivity index (χ0n) is 12.9. The maximum Gasteiger partial charge on any atom is 0.516 e. The molecule has 0 unspecified atom stereocenters. The molecule has 6 nitrogen and oxygen atoms in total. The van der Waals surface area contributed by atoms with E-state index in [0.29, 0.717) is 30.9 Å². The lowest BCUT2D eigenvalue weighted by Gasteiger charge is -2.29. The normalized spacial score (nSPS) is 18.2. The highest BCUT2D eigenvalue weighted by Gasteiger charge is 2.47. The third-order valence-electron chi connectivity index (χ3n) is 3.75. The van der Waals surface area contributed by atoms with Gasteiger partial charge in [-0.15, -0.1) is 0 Å². The fourth-order valence-corrected chi connectivity index (χ4v) is 4.61. The quantitative estimate of drug-likeness (QED) is 0.801.